The summed E-state index contributed by atoms with van der Waals surface area (Å²) < 4.78 is 13.8. The Balaban J connectivity index is 1.26. The zero-order valence-corrected chi connectivity index (χ0v) is 14.1. The number of hydrogen-bond donors (Lipinski definition) is 2. The van der Waals surface area contributed by atoms with E-state index in [9.17, 15) is 14.3 Å². The highest BCUT2D eigenvalue weighted by molar-refractivity contribution is 5.77. The fourth-order valence-corrected chi connectivity index (χ4v) is 4.22. The molecule has 3 nitrogen and oxygen atoms in total. The van der Waals surface area contributed by atoms with Crippen LogP contribution in [-0.2, 0) is 11.2 Å². The largest absolute Gasteiger partial charge is 0.390 e. The lowest BCUT2D eigenvalue weighted by molar-refractivity contribution is -0.220. The van der Waals surface area contributed by atoms with Gasteiger partial charge in [0.05, 0.1) is 5.60 Å². The summed E-state index contributed by atoms with van der Waals surface area (Å²) in [6.07, 6.45) is 4.23. The summed E-state index contributed by atoms with van der Waals surface area (Å²) in [5, 5.41) is 12.8. The molecule has 4 heteroatoms. The first-order valence-electron chi connectivity index (χ1n) is 8.84. The summed E-state index contributed by atoms with van der Waals surface area (Å²) in [5.41, 5.74) is 2.03. The van der Waals surface area contributed by atoms with Gasteiger partial charge in [-0.05, 0) is 49.3 Å². The third-order valence-electron chi connectivity index (χ3n) is 5.42. The molecule has 3 saturated carbocycles. The molecule has 1 amide bonds. The quantitative estimate of drug-likeness (QED) is 0.845. The zero-order chi connectivity index (χ0) is 17.5. The number of benzene rings is 2. The number of halogens is 1. The van der Waals surface area contributed by atoms with E-state index < -0.39 is 5.60 Å². The van der Waals surface area contributed by atoms with Crippen LogP contribution in [0.25, 0.3) is 11.1 Å². The van der Waals surface area contributed by atoms with Gasteiger partial charge in [-0.1, -0.05) is 42.5 Å². The van der Waals surface area contributed by atoms with Gasteiger partial charge in [-0.3, -0.25) is 4.79 Å². The Labute approximate surface area is 146 Å². The van der Waals surface area contributed by atoms with Crippen LogP contribution in [0.2, 0.25) is 0 Å². The topological polar surface area (TPSA) is 49.3 Å². The summed E-state index contributed by atoms with van der Waals surface area (Å²) >= 11 is 0. The van der Waals surface area contributed by atoms with Gasteiger partial charge < -0.3 is 10.4 Å². The number of aryl methyl sites for hydroxylation is 1. The Kier molecular flexibility index (Phi) is 3.88. The first kappa shape index (κ1) is 16.3. The van der Waals surface area contributed by atoms with Crippen molar-refractivity contribution in [3.8, 4) is 11.1 Å². The molecule has 0 radical (unpaired) electrons. The minimum Gasteiger partial charge on any atom is -0.390 e. The van der Waals surface area contributed by atoms with Crippen molar-refractivity contribution in [2.45, 2.75) is 49.7 Å². The highest BCUT2D eigenvalue weighted by Gasteiger charge is 2.68. The molecule has 130 valence electrons. The number of amides is 1. The van der Waals surface area contributed by atoms with E-state index in [-0.39, 0.29) is 17.3 Å². The van der Waals surface area contributed by atoms with Crippen LogP contribution in [0.4, 0.5) is 4.39 Å². The smallest absolute Gasteiger partial charge is 0.220 e. The van der Waals surface area contributed by atoms with Crippen molar-refractivity contribution in [3.05, 3.63) is 59.9 Å². The second kappa shape index (κ2) is 5.95. The molecule has 0 atom stereocenters. The lowest BCUT2D eigenvalue weighted by Crippen LogP contribution is -2.78. The predicted octanol–water partition coefficient (Wildman–Crippen LogP) is 3.60. The van der Waals surface area contributed by atoms with Crippen LogP contribution in [0.3, 0.4) is 0 Å². The van der Waals surface area contributed by atoms with Gasteiger partial charge in [0.2, 0.25) is 5.91 Å². The molecular formula is C21H22FNO2. The second-order valence-corrected chi connectivity index (χ2v) is 7.61. The lowest BCUT2D eigenvalue weighted by Gasteiger charge is -2.67. The Morgan fingerprint density at radius 1 is 1.08 bits per heavy atom. The molecular weight excluding hydrogens is 317 g/mol. The van der Waals surface area contributed by atoms with Crippen LogP contribution in [0, 0.1) is 5.82 Å². The third-order valence-corrected chi connectivity index (χ3v) is 5.42. The fourth-order valence-electron chi connectivity index (χ4n) is 4.22. The minimum atomic E-state index is -0.479. The zero-order valence-electron chi connectivity index (χ0n) is 14.1. The summed E-state index contributed by atoms with van der Waals surface area (Å²) in [6, 6.07) is 14.6. The van der Waals surface area contributed by atoms with Crippen molar-refractivity contribution in [1.82, 2.24) is 5.32 Å². The van der Waals surface area contributed by atoms with Gasteiger partial charge in [0.25, 0.3) is 0 Å². The van der Waals surface area contributed by atoms with Crippen molar-refractivity contribution in [3.63, 3.8) is 0 Å². The monoisotopic (exact) mass is 339 g/mol. The van der Waals surface area contributed by atoms with E-state index in [1.807, 2.05) is 30.3 Å². The molecule has 2 bridgehead atoms. The molecule has 25 heavy (non-hydrogen) atoms. The highest BCUT2D eigenvalue weighted by Crippen LogP contribution is 2.60. The molecule has 5 rings (SSSR count). The van der Waals surface area contributed by atoms with E-state index in [2.05, 4.69) is 5.32 Å². The van der Waals surface area contributed by atoms with Crippen LogP contribution in [0.15, 0.2) is 48.5 Å². The van der Waals surface area contributed by atoms with E-state index in [0.717, 1.165) is 24.0 Å². The first-order chi connectivity index (χ1) is 12.0. The number of carbonyl (C=O) groups is 1. The molecule has 3 aliphatic rings. The summed E-state index contributed by atoms with van der Waals surface area (Å²) in [7, 11) is 0. The average Bonchev–Trinajstić information content (AvgIpc) is 2.54. The molecule has 2 aromatic rings. The Hall–Kier alpha value is -2.20. The number of aliphatic hydroxyl groups is 1. The maximum atomic E-state index is 13.8. The number of nitrogens with one attached hydrogen (secondary N) is 1. The molecule has 0 unspecified atom stereocenters. The highest BCUT2D eigenvalue weighted by atomic mass is 19.1. The SMILES string of the molecule is O=C(CCCc1ccc(-c2ccccc2F)cc1)NC12CC(O)(C1)C2. The summed E-state index contributed by atoms with van der Waals surface area (Å²) in [6.45, 7) is 0. The van der Waals surface area contributed by atoms with Gasteiger partial charge in [-0.15, -0.1) is 0 Å². The Bertz CT molecular complexity index is 780. The normalized spacial score (nSPS) is 26.5. The number of hydrogen-bond acceptors (Lipinski definition) is 2. The number of rotatable bonds is 6. The van der Waals surface area contributed by atoms with Gasteiger partial charge in [0.15, 0.2) is 0 Å². The molecule has 0 saturated heterocycles. The summed E-state index contributed by atoms with van der Waals surface area (Å²) in [5.74, 6) is -0.144. The third kappa shape index (κ3) is 3.19. The van der Waals surface area contributed by atoms with Crippen LogP contribution in [0.5, 0.6) is 0 Å². The van der Waals surface area contributed by atoms with Crippen LogP contribution in [-0.4, -0.2) is 22.2 Å². The number of carbonyl (C=O) groups excluding carboxylic acids is 1. The minimum absolute atomic E-state index is 0.0738. The molecule has 0 aliphatic heterocycles. The van der Waals surface area contributed by atoms with Crippen LogP contribution in [0.1, 0.15) is 37.7 Å². The first-order valence-corrected chi connectivity index (χ1v) is 8.84. The maximum Gasteiger partial charge on any atom is 0.220 e. The van der Waals surface area contributed by atoms with Gasteiger partial charge in [0.1, 0.15) is 5.82 Å². The average molecular weight is 339 g/mol. The molecule has 2 N–H and O–H groups in total. The van der Waals surface area contributed by atoms with Crippen LogP contribution < -0.4 is 5.32 Å². The van der Waals surface area contributed by atoms with E-state index >= 15 is 0 Å². The van der Waals surface area contributed by atoms with E-state index in [1.54, 1.807) is 12.1 Å². The standard InChI is InChI=1S/C21H22FNO2/c22-18-6-2-1-5-17(18)16-10-8-15(9-11-16)4-3-7-19(24)23-20-12-21(25,13-20)14-20/h1-2,5-6,8-11,25H,3-4,7,12-14H2,(H,23,24). The van der Waals surface area contributed by atoms with Crippen molar-refractivity contribution in [2.24, 2.45) is 0 Å². The fraction of sp³-hybridized carbons (Fsp3) is 0.381. The second-order valence-electron chi connectivity index (χ2n) is 7.61. The molecule has 3 fully saturated rings. The van der Waals surface area contributed by atoms with Gasteiger partial charge in [0, 0.05) is 17.5 Å². The van der Waals surface area contributed by atoms with Crippen molar-refractivity contribution in [1.29, 1.82) is 0 Å². The van der Waals surface area contributed by atoms with Gasteiger partial charge in [-0.25, -0.2) is 4.39 Å². The molecule has 0 spiro atoms. The molecule has 0 aromatic heterocycles. The maximum absolute atomic E-state index is 13.8. The molecule has 2 aromatic carbocycles. The van der Waals surface area contributed by atoms with E-state index in [4.69, 9.17) is 0 Å². The Morgan fingerprint density at radius 3 is 2.40 bits per heavy atom. The van der Waals surface area contributed by atoms with E-state index in [0.29, 0.717) is 31.2 Å². The van der Waals surface area contributed by atoms with E-state index in [1.165, 1.54) is 6.07 Å². The van der Waals surface area contributed by atoms with Gasteiger partial charge >= 0.3 is 0 Å². The van der Waals surface area contributed by atoms with Crippen LogP contribution >= 0.6 is 0 Å². The van der Waals surface area contributed by atoms with Crippen molar-refractivity contribution < 1.29 is 14.3 Å². The summed E-state index contributed by atoms with van der Waals surface area (Å²) in [4.78, 5) is 12.0. The molecule has 0 heterocycles. The van der Waals surface area contributed by atoms with Crippen molar-refractivity contribution in [2.75, 3.05) is 0 Å². The van der Waals surface area contributed by atoms with Gasteiger partial charge in [-0.2, -0.15) is 0 Å². The molecule has 3 aliphatic carbocycles. The van der Waals surface area contributed by atoms with Crippen molar-refractivity contribution >= 4 is 5.91 Å². The predicted molar refractivity (Wildman–Crippen MR) is 94.4 cm³/mol. The lowest BCUT2D eigenvalue weighted by atomic mass is 9.46. The Morgan fingerprint density at radius 2 is 1.76 bits per heavy atom.